The molecule has 7 nitrogen and oxygen atoms in total. The summed E-state index contributed by atoms with van der Waals surface area (Å²) in [4.78, 5) is 18.8. The molecule has 2 aromatic rings. The molecule has 1 fully saturated rings. The van der Waals surface area contributed by atoms with Crippen LogP contribution in [0.5, 0.6) is 5.88 Å². The molecule has 3 heterocycles. The standard InChI is InChI=1S/C19H24ClN5O2/c1-12-17-16(24-23-12)5-3-11-25(17)19(26)22-13-6-8-14(9-7-13)27-18-15(20)4-2-10-21-18/h2,4,10,13-14H,3,5-9,11H2,1H3,(H,22,26)(H,23,24). The molecule has 1 saturated carbocycles. The number of carbonyl (C=O) groups is 1. The molecule has 0 bridgehead atoms. The lowest BCUT2D eigenvalue weighted by Gasteiger charge is -2.32. The number of rotatable bonds is 3. The zero-order valence-electron chi connectivity index (χ0n) is 15.4. The van der Waals surface area contributed by atoms with E-state index in [-0.39, 0.29) is 18.2 Å². The first-order valence-corrected chi connectivity index (χ1v) is 9.88. The maximum absolute atomic E-state index is 12.8. The van der Waals surface area contributed by atoms with E-state index in [9.17, 15) is 4.79 Å². The Hall–Kier alpha value is -2.28. The summed E-state index contributed by atoms with van der Waals surface area (Å²) in [6.45, 7) is 2.69. The molecule has 4 rings (SSSR count). The van der Waals surface area contributed by atoms with Crippen LogP contribution in [-0.4, -0.2) is 39.9 Å². The number of H-pyrrole nitrogens is 1. The number of halogens is 1. The minimum atomic E-state index is -0.0300. The quantitative estimate of drug-likeness (QED) is 0.839. The maximum atomic E-state index is 12.8. The van der Waals surface area contributed by atoms with E-state index < -0.39 is 0 Å². The van der Waals surface area contributed by atoms with E-state index in [0.717, 1.165) is 62.1 Å². The molecule has 0 atom stereocenters. The highest BCUT2D eigenvalue weighted by molar-refractivity contribution is 6.31. The summed E-state index contributed by atoms with van der Waals surface area (Å²) in [6, 6.07) is 3.70. The molecule has 0 aromatic carbocycles. The summed E-state index contributed by atoms with van der Waals surface area (Å²) >= 11 is 6.11. The number of amides is 2. The molecule has 2 aromatic heterocycles. The summed E-state index contributed by atoms with van der Waals surface area (Å²) < 4.78 is 5.93. The van der Waals surface area contributed by atoms with Gasteiger partial charge in [0.2, 0.25) is 5.88 Å². The lowest BCUT2D eigenvalue weighted by Crippen LogP contribution is -2.48. The van der Waals surface area contributed by atoms with Crippen LogP contribution in [-0.2, 0) is 6.42 Å². The van der Waals surface area contributed by atoms with Crippen LogP contribution in [0.4, 0.5) is 10.5 Å². The Morgan fingerprint density at radius 1 is 1.37 bits per heavy atom. The van der Waals surface area contributed by atoms with Gasteiger partial charge >= 0.3 is 6.03 Å². The monoisotopic (exact) mass is 389 g/mol. The average molecular weight is 390 g/mol. The first-order chi connectivity index (χ1) is 13.1. The normalized spacial score (nSPS) is 22.2. The zero-order valence-corrected chi connectivity index (χ0v) is 16.1. The molecule has 1 aliphatic heterocycles. The van der Waals surface area contributed by atoms with Gasteiger partial charge in [-0.2, -0.15) is 5.10 Å². The van der Waals surface area contributed by atoms with Crippen molar-refractivity contribution in [2.45, 2.75) is 57.6 Å². The number of carbonyl (C=O) groups excluding carboxylic acids is 1. The summed E-state index contributed by atoms with van der Waals surface area (Å²) in [5.74, 6) is 0.489. The first kappa shape index (κ1) is 18.1. The Morgan fingerprint density at radius 2 is 2.19 bits per heavy atom. The number of aryl methyl sites for hydroxylation is 2. The molecule has 1 aliphatic carbocycles. The van der Waals surface area contributed by atoms with Crippen molar-refractivity contribution in [1.82, 2.24) is 20.5 Å². The first-order valence-electron chi connectivity index (χ1n) is 9.51. The second kappa shape index (κ2) is 7.76. The number of aromatic amines is 1. The molecular weight excluding hydrogens is 366 g/mol. The van der Waals surface area contributed by atoms with Crippen LogP contribution in [0.25, 0.3) is 0 Å². The SMILES string of the molecule is Cc1[nH]nc2c1N(C(=O)NC1CCC(Oc3ncccc3Cl)CC1)CCC2. The van der Waals surface area contributed by atoms with Crippen molar-refractivity contribution in [3.63, 3.8) is 0 Å². The molecule has 0 radical (unpaired) electrons. The third-order valence-corrected chi connectivity index (χ3v) is 5.59. The number of fused-ring (bicyclic) bond motifs is 1. The maximum Gasteiger partial charge on any atom is 0.322 e. The summed E-state index contributed by atoms with van der Waals surface area (Å²) in [6.07, 6.45) is 7.12. The number of ether oxygens (including phenoxy) is 1. The largest absolute Gasteiger partial charge is 0.473 e. The Balaban J connectivity index is 1.31. The van der Waals surface area contributed by atoms with Crippen LogP contribution in [0.3, 0.4) is 0 Å². The van der Waals surface area contributed by atoms with Gasteiger partial charge in [0.1, 0.15) is 11.1 Å². The van der Waals surface area contributed by atoms with Crippen molar-refractivity contribution >= 4 is 23.3 Å². The predicted molar refractivity (Wildman–Crippen MR) is 103 cm³/mol. The second-order valence-electron chi connectivity index (χ2n) is 7.23. The van der Waals surface area contributed by atoms with Crippen LogP contribution in [0.15, 0.2) is 18.3 Å². The lowest BCUT2D eigenvalue weighted by atomic mass is 9.93. The summed E-state index contributed by atoms with van der Waals surface area (Å²) in [5.41, 5.74) is 2.88. The lowest BCUT2D eigenvalue weighted by molar-refractivity contribution is 0.135. The van der Waals surface area contributed by atoms with Crippen LogP contribution in [0.2, 0.25) is 5.02 Å². The number of hydrogen-bond donors (Lipinski definition) is 2. The van der Waals surface area contributed by atoms with Gasteiger partial charge < -0.3 is 10.1 Å². The number of nitrogens with one attached hydrogen (secondary N) is 2. The van der Waals surface area contributed by atoms with E-state index in [0.29, 0.717) is 10.9 Å². The number of aromatic nitrogens is 3. The van der Waals surface area contributed by atoms with Gasteiger partial charge in [-0.15, -0.1) is 0 Å². The van der Waals surface area contributed by atoms with Gasteiger partial charge in [-0.3, -0.25) is 10.00 Å². The summed E-state index contributed by atoms with van der Waals surface area (Å²) in [7, 11) is 0. The van der Waals surface area contributed by atoms with Crippen molar-refractivity contribution in [3.8, 4) is 5.88 Å². The molecule has 27 heavy (non-hydrogen) atoms. The van der Waals surface area contributed by atoms with Gasteiger partial charge in [0.25, 0.3) is 0 Å². The smallest absolute Gasteiger partial charge is 0.322 e. The molecular formula is C19H24ClN5O2. The molecule has 2 N–H and O–H groups in total. The topological polar surface area (TPSA) is 83.1 Å². The Bertz CT molecular complexity index is 816. The van der Waals surface area contributed by atoms with Gasteiger partial charge in [-0.25, -0.2) is 9.78 Å². The number of pyridine rings is 1. The molecule has 2 aliphatic rings. The number of hydrogen-bond acceptors (Lipinski definition) is 4. The highest BCUT2D eigenvalue weighted by atomic mass is 35.5. The number of nitrogens with zero attached hydrogens (tertiary/aromatic N) is 3. The van der Waals surface area contributed by atoms with Gasteiger partial charge in [-0.1, -0.05) is 11.6 Å². The van der Waals surface area contributed by atoms with E-state index >= 15 is 0 Å². The Kier molecular flexibility index (Phi) is 5.20. The third-order valence-electron chi connectivity index (χ3n) is 5.30. The van der Waals surface area contributed by atoms with E-state index in [1.807, 2.05) is 11.8 Å². The van der Waals surface area contributed by atoms with E-state index in [1.54, 1.807) is 18.3 Å². The van der Waals surface area contributed by atoms with Crippen molar-refractivity contribution < 1.29 is 9.53 Å². The van der Waals surface area contributed by atoms with Gasteiger partial charge in [0.15, 0.2) is 0 Å². The van der Waals surface area contributed by atoms with Gasteiger partial charge in [0, 0.05) is 18.8 Å². The minimum absolute atomic E-state index is 0.0300. The van der Waals surface area contributed by atoms with E-state index in [1.165, 1.54) is 0 Å². The van der Waals surface area contributed by atoms with E-state index in [4.69, 9.17) is 16.3 Å². The molecule has 144 valence electrons. The average Bonchev–Trinajstić information content (AvgIpc) is 3.06. The fourth-order valence-corrected chi connectivity index (χ4v) is 4.09. The third kappa shape index (κ3) is 3.88. The number of urea groups is 1. The zero-order chi connectivity index (χ0) is 18.8. The van der Waals surface area contributed by atoms with Gasteiger partial charge in [-0.05, 0) is 57.6 Å². The van der Waals surface area contributed by atoms with Gasteiger partial charge in [0.05, 0.1) is 17.1 Å². The highest BCUT2D eigenvalue weighted by Gasteiger charge is 2.30. The fourth-order valence-electron chi connectivity index (χ4n) is 3.92. The Labute approximate surface area is 163 Å². The predicted octanol–water partition coefficient (Wildman–Crippen LogP) is 3.62. The molecule has 0 saturated heterocycles. The number of anilines is 1. The second-order valence-corrected chi connectivity index (χ2v) is 7.64. The van der Waals surface area contributed by atoms with Crippen molar-refractivity contribution in [2.75, 3.05) is 11.4 Å². The molecule has 2 amide bonds. The Morgan fingerprint density at radius 3 is 2.96 bits per heavy atom. The molecule has 8 heteroatoms. The van der Waals surface area contributed by atoms with Crippen LogP contribution >= 0.6 is 11.6 Å². The molecule has 0 unspecified atom stereocenters. The molecule has 0 spiro atoms. The minimum Gasteiger partial charge on any atom is -0.473 e. The van der Waals surface area contributed by atoms with Crippen molar-refractivity contribution in [3.05, 3.63) is 34.7 Å². The summed E-state index contributed by atoms with van der Waals surface area (Å²) in [5, 5.41) is 11.0. The van der Waals surface area contributed by atoms with E-state index in [2.05, 4.69) is 20.5 Å². The van der Waals surface area contributed by atoms with Crippen LogP contribution < -0.4 is 15.0 Å². The van der Waals surface area contributed by atoms with Crippen molar-refractivity contribution in [1.29, 1.82) is 0 Å². The van der Waals surface area contributed by atoms with Crippen molar-refractivity contribution in [2.24, 2.45) is 0 Å². The highest BCUT2D eigenvalue weighted by Crippen LogP contribution is 2.30. The van der Waals surface area contributed by atoms with Crippen LogP contribution in [0.1, 0.15) is 43.5 Å². The van der Waals surface area contributed by atoms with Crippen LogP contribution in [0, 0.1) is 6.92 Å². The fraction of sp³-hybridized carbons (Fsp3) is 0.526.